The lowest BCUT2D eigenvalue weighted by Crippen LogP contribution is -2.33. The number of nitrogens with zero attached hydrogens (tertiary/aromatic N) is 3. The zero-order valence-corrected chi connectivity index (χ0v) is 15.9. The van der Waals surface area contributed by atoms with Crippen LogP contribution in [-0.4, -0.2) is 27.4 Å². The molecule has 0 spiro atoms. The van der Waals surface area contributed by atoms with E-state index in [9.17, 15) is 9.70 Å². The molecule has 0 aliphatic carbocycles. The van der Waals surface area contributed by atoms with Crippen molar-refractivity contribution in [3.8, 4) is 11.5 Å². The van der Waals surface area contributed by atoms with Crippen LogP contribution in [0.15, 0.2) is 85.5 Å². The molecule has 2 N–H and O–H groups in total. The summed E-state index contributed by atoms with van der Waals surface area (Å²) in [6.45, 7) is -0.252. The van der Waals surface area contributed by atoms with Crippen LogP contribution in [0.3, 0.4) is 0 Å². The first-order valence-electron chi connectivity index (χ1n) is 9.19. The minimum atomic E-state index is -0.378. The van der Waals surface area contributed by atoms with Gasteiger partial charge in [0.2, 0.25) is 0 Å². The number of benzene rings is 2. The Morgan fingerprint density at radius 2 is 1.77 bits per heavy atom. The van der Waals surface area contributed by atoms with E-state index in [1.165, 1.54) is 6.20 Å². The molecule has 148 valence electrons. The van der Waals surface area contributed by atoms with Crippen molar-refractivity contribution in [3.63, 3.8) is 0 Å². The van der Waals surface area contributed by atoms with E-state index in [0.29, 0.717) is 27.6 Å². The highest BCUT2D eigenvalue weighted by atomic mass is 16.5. The maximum Gasteiger partial charge on any atom is 0.299 e. The lowest BCUT2D eigenvalue weighted by molar-refractivity contribution is -0.521. The number of aromatic nitrogens is 2. The molecule has 4 rings (SSSR count). The molecule has 0 bridgehead atoms. The maximum absolute atomic E-state index is 12.5. The molecule has 1 amide bonds. The van der Waals surface area contributed by atoms with Crippen LogP contribution >= 0.6 is 0 Å². The van der Waals surface area contributed by atoms with Crippen molar-refractivity contribution in [2.45, 2.75) is 0 Å². The van der Waals surface area contributed by atoms with Gasteiger partial charge < -0.3 is 4.74 Å². The van der Waals surface area contributed by atoms with E-state index in [1.54, 1.807) is 55.0 Å². The number of nitroso groups, excluding NO2 is 1. The summed E-state index contributed by atoms with van der Waals surface area (Å²) < 4.78 is 5.72. The van der Waals surface area contributed by atoms with Gasteiger partial charge in [0.05, 0.1) is 10.5 Å². The quantitative estimate of drug-likeness (QED) is 0.277. The normalized spacial score (nSPS) is 10.4. The van der Waals surface area contributed by atoms with Gasteiger partial charge in [-0.05, 0) is 29.7 Å². The van der Waals surface area contributed by atoms with Gasteiger partial charge in [0.15, 0.2) is 0 Å². The van der Waals surface area contributed by atoms with Crippen LogP contribution in [0.4, 0.5) is 5.69 Å². The molecule has 2 heterocycles. The van der Waals surface area contributed by atoms with Gasteiger partial charge in [0.25, 0.3) is 12.6 Å². The molecule has 0 fully saturated rings. The number of pyridine rings is 2. The highest BCUT2D eigenvalue weighted by Crippen LogP contribution is 2.23. The van der Waals surface area contributed by atoms with Crippen LogP contribution in [0.25, 0.3) is 10.8 Å². The molecule has 8 heteroatoms. The summed E-state index contributed by atoms with van der Waals surface area (Å²) in [5, 5.41) is 4.23. The summed E-state index contributed by atoms with van der Waals surface area (Å²) in [6, 6.07) is 17.8. The molecular formula is C22H18N5O3+. The summed E-state index contributed by atoms with van der Waals surface area (Å²) in [6.07, 6.45) is 6.44. The van der Waals surface area contributed by atoms with E-state index >= 15 is 0 Å². The molecular weight excluding hydrogens is 382 g/mol. The SMILES string of the molecule is O=C(NC[N+](=O)Nc1cccc(Oc2ccncc2)c1)c1cncc2ccccc12. The Morgan fingerprint density at radius 1 is 0.933 bits per heavy atom. The Bertz CT molecular complexity index is 1190. The fourth-order valence-electron chi connectivity index (χ4n) is 2.89. The zero-order valence-electron chi connectivity index (χ0n) is 15.9. The summed E-state index contributed by atoms with van der Waals surface area (Å²) in [4.78, 5) is 33.3. The van der Waals surface area contributed by atoms with Crippen molar-refractivity contribution < 1.29 is 14.4 Å². The van der Waals surface area contributed by atoms with Gasteiger partial charge in [0.1, 0.15) is 22.1 Å². The van der Waals surface area contributed by atoms with E-state index < -0.39 is 0 Å². The van der Waals surface area contributed by atoms with Crippen LogP contribution in [0.1, 0.15) is 10.4 Å². The molecule has 30 heavy (non-hydrogen) atoms. The lowest BCUT2D eigenvalue weighted by atomic mass is 10.1. The lowest BCUT2D eigenvalue weighted by Gasteiger charge is -2.07. The smallest absolute Gasteiger partial charge is 0.299 e. The minimum absolute atomic E-state index is 0.252. The fourth-order valence-corrected chi connectivity index (χ4v) is 2.89. The van der Waals surface area contributed by atoms with Crippen molar-refractivity contribution in [1.29, 1.82) is 0 Å². The van der Waals surface area contributed by atoms with Gasteiger partial charge in [0, 0.05) is 36.2 Å². The second-order valence-electron chi connectivity index (χ2n) is 6.38. The first-order chi connectivity index (χ1) is 14.7. The number of anilines is 1. The number of carbonyl (C=O) groups is 1. The second kappa shape index (κ2) is 8.78. The fraction of sp³-hybridized carbons (Fsp3) is 0.0455. The Morgan fingerprint density at radius 3 is 2.63 bits per heavy atom. The van der Waals surface area contributed by atoms with E-state index in [-0.39, 0.29) is 12.6 Å². The van der Waals surface area contributed by atoms with Crippen molar-refractivity contribution in [2.24, 2.45) is 0 Å². The monoisotopic (exact) mass is 400 g/mol. The van der Waals surface area contributed by atoms with Crippen LogP contribution < -0.4 is 15.5 Å². The van der Waals surface area contributed by atoms with Gasteiger partial charge >= 0.3 is 0 Å². The molecule has 0 unspecified atom stereocenters. The van der Waals surface area contributed by atoms with E-state index in [2.05, 4.69) is 20.7 Å². The Balaban J connectivity index is 1.37. The number of amides is 1. The average molecular weight is 400 g/mol. The number of carbonyl (C=O) groups excluding carboxylic acids is 1. The number of hydrogen-bond donors (Lipinski definition) is 2. The molecule has 2 aromatic heterocycles. The predicted octanol–water partition coefficient (Wildman–Crippen LogP) is 3.92. The molecule has 0 aliphatic heterocycles. The van der Waals surface area contributed by atoms with Gasteiger partial charge in [-0.25, -0.2) is 0 Å². The van der Waals surface area contributed by atoms with E-state index in [0.717, 1.165) is 10.8 Å². The first-order valence-corrected chi connectivity index (χ1v) is 9.19. The van der Waals surface area contributed by atoms with Gasteiger partial charge in [-0.3, -0.25) is 20.1 Å². The standard InChI is InChI=1S/C22H17N5O3/c28-22(21-14-24-13-16-4-1-2-7-20(16)21)25-15-27(29)26-17-5-3-6-19(12-17)30-18-8-10-23-11-9-18/h1-14H,15H2,(H-,25,26,28,29)/p+1. The number of fused-ring (bicyclic) bond motifs is 1. The topological polar surface area (TPSA) is 96.2 Å². The van der Waals surface area contributed by atoms with Crippen molar-refractivity contribution in [1.82, 2.24) is 15.3 Å². The molecule has 4 aromatic rings. The highest BCUT2D eigenvalue weighted by Gasteiger charge is 2.15. The minimum Gasteiger partial charge on any atom is -0.457 e. The number of hydrogen-bond acceptors (Lipinski definition) is 5. The molecule has 0 aliphatic rings. The predicted molar refractivity (Wildman–Crippen MR) is 112 cm³/mol. The van der Waals surface area contributed by atoms with Crippen molar-refractivity contribution >= 4 is 22.4 Å². The third-order valence-corrected chi connectivity index (χ3v) is 4.27. The Kier molecular flexibility index (Phi) is 5.56. The Hall–Kier alpha value is -4.33. The number of nitrogens with one attached hydrogen (secondary N) is 2. The molecule has 8 nitrogen and oxygen atoms in total. The summed E-state index contributed by atoms with van der Waals surface area (Å²) in [5.74, 6) is 0.819. The van der Waals surface area contributed by atoms with E-state index in [4.69, 9.17) is 4.74 Å². The molecule has 0 atom stereocenters. The largest absolute Gasteiger partial charge is 0.457 e. The van der Waals surface area contributed by atoms with Crippen LogP contribution in [0, 0.1) is 4.91 Å². The molecule has 2 aromatic carbocycles. The number of hydrazine groups is 1. The summed E-state index contributed by atoms with van der Waals surface area (Å²) >= 11 is 0. The average Bonchev–Trinajstić information content (AvgIpc) is 2.78. The summed E-state index contributed by atoms with van der Waals surface area (Å²) in [7, 11) is 0. The van der Waals surface area contributed by atoms with Gasteiger partial charge in [-0.2, -0.15) is 0 Å². The zero-order chi connectivity index (χ0) is 20.8. The maximum atomic E-state index is 12.5. The van der Waals surface area contributed by atoms with Crippen LogP contribution in [-0.2, 0) is 0 Å². The number of ether oxygens (including phenoxy) is 1. The molecule has 0 saturated carbocycles. The first kappa shape index (κ1) is 19.0. The van der Waals surface area contributed by atoms with E-state index in [1.807, 2.05) is 24.3 Å². The van der Waals surface area contributed by atoms with Gasteiger partial charge in [-0.1, -0.05) is 30.3 Å². The number of rotatable bonds is 7. The summed E-state index contributed by atoms with van der Waals surface area (Å²) in [5.41, 5.74) is 3.60. The Labute approximate surface area is 172 Å². The highest BCUT2D eigenvalue weighted by molar-refractivity contribution is 6.06. The third-order valence-electron chi connectivity index (χ3n) is 4.27. The van der Waals surface area contributed by atoms with Crippen LogP contribution in [0.2, 0.25) is 0 Å². The van der Waals surface area contributed by atoms with Gasteiger partial charge in [-0.15, -0.1) is 5.43 Å². The van der Waals surface area contributed by atoms with Crippen LogP contribution in [0.5, 0.6) is 11.5 Å². The van der Waals surface area contributed by atoms with Crippen molar-refractivity contribution in [3.05, 3.63) is 95.9 Å². The second-order valence-corrected chi connectivity index (χ2v) is 6.38. The van der Waals surface area contributed by atoms with Crippen molar-refractivity contribution in [2.75, 3.05) is 12.1 Å². The third kappa shape index (κ3) is 4.56. The molecule has 0 saturated heterocycles. The molecule has 0 radical (unpaired) electrons.